The maximum absolute atomic E-state index is 5.95. The summed E-state index contributed by atoms with van der Waals surface area (Å²) in [6, 6.07) is 0. The van der Waals surface area contributed by atoms with E-state index in [1.54, 1.807) is 14.2 Å². The second kappa shape index (κ2) is 23.5. The predicted molar refractivity (Wildman–Crippen MR) is 128 cm³/mol. The third-order valence-corrected chi connectivity index (χ3v) is 6.32. The summed E-state index contributed by atoms with van der Waals surface area (Å²) in [6.45, 7) is 11.0. The number of methoxy groups -OCH3 is 2. The normalized spacial score (nSPS) is 14.7. The summed E-state index contributed by atoms with van der Waals surface area (Å²) in [4.78, 5) is 0. The topological polar surface area (TPSA) is 36.9 Å². The highest BCUT2D eigenvalue weighted by Gasteiger charge is 2.11. The smallest absolute Gasteiger partial charge is 0.0615 e. The maximum atomic E-state index is 5.95. The van der Waals surface area contributed by atoms with Crippen LogP contribution >= 0.6 is 0 Å². The molecule has 4 nitrogen and oxygen atoms in total. The van der Waals surface area contributed by atoms with Crippen molar-refractivity contribution in [2.45, 2.75) is 110 Å². The Morgan fingerprint density at radius 2 is 1.17 bits per heavy atom. The number of hydrogen-bond donors (Lipinski definition) is 0. The zero-order chi connectivity index (χ0) is 22.3. The summed E-state index contributed by atoms with van der Waals surface area (Å²) in [7, 11) is 3.51. The molecule has 0 N–H and O–H groups in total. The first kappa shape index (κ1) is 29.8. The molecule has 0 aliphatic carbocycles. The highest BCUT2D eigenvalue weighted by Crippen LogP contribution is 2.19. The fourth-order valence-corrected chi connectivity index (χ4v) is 3.68. The molecule has 0 fully saturated rings. The summed E-state index contributed by atoms with van der Waals surface area (Å²) >= 11 is 0. The van der Waals surface area contributed by atoms with E-state index < -0.39 is 0 Å². The Kier molecular flexibility index (Phi) is 23.4. The molecule has 0 radical (unpaired) electrons. The second-order valence-electron chi connectivity index (χ2n) is 8.95. The van der Waals surface area contributed by atoms with Crippen molar-refractivity contribution in [3.8, 4) is 0 Å². The molecule has 30 heavy (non-hydrogen) atoms. The van der Waals surface area contributed by atoms with Crippen LogP contribution in [0.2, 0.25) is 0 Å². The molecule has 0 saturated carbocycles. The zero-order valence-corrected chi connectivity index (χ0v) is 21.1. The SMILES string of the molecule is CCCCCCCCC(CCOCCC(C)CC)CCOCCC(CCOC)OC. The van der Waals surface area contributed by atoms with Gasteiger partial charge in [0.25, 0.3) is 0 Å². The molecule has 0 aromatic rings. The predicted octanol–water partition coefficient (Wildman–Crippen LogP) is 7.04. The monoisotopic (exact) mass is 430 g/mol. The lowest BCUT2D eigenvalue weighted by Gasteiger charge is -2.18. The number of ether oxygens (including phenoxy) is 4. The molecule has 0 saturated heterocycles. The minimum Gasteiger partial charge on any atom is -0.385 e. The molecule has 0 heterocycles. The van der Waals surface area contributed by atoms with Crippen LogP contribution in [0.4, 0.5) is 0 Å². The molecule has 0 bridgehead atoms. The largest absolute Gasteiger partial charge is 0.385 e. The summed E-state index contributed by atoms with van der Waals surface area (Å²) in [6.07, 6.45) is 16.4. The van der Waals surface area contributed by atoms with Crippen molar-refractivity contribution in [2.24, 2.45) is 11.8 Å². The third-order valence-electron chi connectivity index (χ3n) is 6.32. The van der Waals surface area contributed by atoms with Crippen LogP contribution in [0.15, 0.2) is 0 Å². The van der Waals surface area contributed by atoms with Gasteiger partial charge in [0.1, 0.15) is 0 Å². The minimum atomic E-state index is 0.239. The lowest BCUT2D eigenvalue weighted by atomic mass is 9.94. The Morgan fingerprint density at radius 1 is 0.600 bits per heavy atom. The number of hydrogen-bond acceptors (Lipinski definition) is 4. The average Bonchev–Trinajstić information content (AvgIpc) is 2.76. The van der Waals surface area contributed by atoms with E-state index in [0.717, 1.165) is 64.1 Å². The van der Waals surface area contributed by atoms with E-state index >= 15 is 0 Å². The number of rotatable bonds is 24. The van der Waals surface area contributed by atoms with Gasteiger partial charge in [-0.2, -0.15) is 0 Å². The van der Waals surface area contributed by atoms with Crippen LogP contribution in [0.25, 0.3) is 0 Å². The Morgan fingerprint density at radius 3 is 1.77 bits per heavy atom. The van der Waals surface area contributed by atoms with Gasteiger partial charge in [-0.1, -0.05) is 72.1 Å². The van der Waals surface area contributed by atoms with E-state index in [2.05, 4.69) is 20.8 Å². The summed E-state index contributed by atoms with van der Waals surface area (Å²) < 4.78 is 22.5. The fourth-order valence-electron chi connectivity index (χ4n) is 3.68. The molecule has 0 spiro atoms. The van der Waals surface area contributed by atoms with Gasteiger partial charge in [-0.15, -0.1) is 0 Å². The molecule has 0 rings (SSSR count). The molecule has 3 unspecified atom stereocenters. The van der Waals surface area contributed by atoms with Gasteiger partial charge in [0.05, 0.1) is 6.10 Å². The fraction of sp³-hybridized carbons (Fsp3) is 1.00. The van der Waals surface area contributed by atoms with E-state index in [1.165, 1.54) is 64.2 Å². The van der Waals surface area contributed by atoms with Crippen LogP contribution < -0.4 is 0 Å². The van der Waals surface area contributed by atoms with Crippen molar-refractivity contribution in [3.63, 3.8) is 0 Å². The van der Waals surface area contributed by atoms with Crippen LogP contribution in [0.5, 0.6) is 0 Å². The van der Waals surface area contributed by atoms with Gasteiger partial charge in [0.2, 0.25) is 0 Å². The lowest BCUT2D eigenvalue weighted by Crippen LogP contribution is -2.17. The van der Waals surface area contributed by atoms with Gasteiger partial charge in [-0.05, 0) is 43.9 Å². The quantitative estimate of drug-likeness (QED) is 0.154. The zero-order valence-electron chi connectivity index (χ0n) is 21.1. The lowest BCUT2D eigenvalue weighted by molar-refractivity contribution is 0.0282. The van der Waals surface area contributed by atoms with Crippen LogP contribution in [0.1, 0.15) is 104 Å². The highest BCUT2D eigenvalue weighted by molar-refractivity contribution is 4.62. The average molecular weight is 431 g/mol. The summed E-state index contributed by atoms with van der Waals surface area (Å²) in [5.41, 5.74) is 0. The highest BCUT2D eigenvalue weighted by atomic mass is 16.5. The van der Waals surface area contributed by atoms with Crippen LogP contribution in [0, 0.1) is 11.8 Å². The first-order valence-electron chi connectivity index (χ1n) is 12.8. The van der Waals surface area contributed by atoms with Gasteiger partial charge in [-0.3, -0.25) is 0 Å². The number of unbranched alkanes of at least 4 members (excludes halogenated alkanes) is 5. The Balaban J connectivity index is 4.02. The van der Waals surface area contributed by atoms with E-state index in [1.807, 2.05) is 0 Å². The molecule has 0 aliphatic rings. The van der Waals surface area contributed by atoms with Crippen molar-refractivity contribution in [1.29, 1.82) is 0 Å². The van der Waals surface area contributed by atoms with Crippen molar-refractivity contribution in [1.82, 2.24) is 0 Å². The Hall–Kier alpha value is -0.160. The van der Waals surface area contributed by atoms with E-state index in [-0.39, 0.29) is 6.10 Å². The van der Waals surface area contributed by atoms with Gasteiger partial charge in [-0.25, -0.2) is 0 Å². The molecule has 0 amide bonds. The van der Waals surface area contributed by atoms with Crippen molar-refractivity contribution in [2.75, 3.05) is 47.3 Å². The van der Waals surface area contributed by atoms with Crippen LogP contribution in [-0.4, -0.2) is 53.4 Å². The molecular weight excluding hydrogens is 376 g/mol. The van der Waals surface area contributed by atoms with Gasteiger partial charge in [0.15, 0.2) is 0 Å². The molecule has 0 aliphatic heterocycles. The first-order chi connectivity index (χ1) is 14.7. The molecule has 4 heteroatoms. The maximum Gasteiger partial charge on any atom is 0.0615 e. The summed E-state index contributed by atoms with van der Waals surface area (Å²) in [5, 5.41) is 0. The molecule has 0 aromatic carbocycles. The summed E-state index contributed by atoms with van der Waals surface area (Å²) in [5.74, 6) is 1.50. The molecule has 182 valence electrons. The van der Waals surface area contributed by atoms with Crippen molar-refractivity contribution < 1.29 is 18.9 Å². The second-order valence-corrected chi connectivity index (χ2v) is 8.95. The van der Waals surface area contributed by atoms with Crippen LogP contribution in [-0.2, 0) is 18.9 Å². The first-order valence-corrected chi connectivity index (χ1v) is 12.8. The molecule has 3 atom stereocenters. The van der Waals surface area contributed by atoms with Crippen molar-refractivity contribution in [3.05, 3.63) is 0 Å². The Labute approximate surface area is 188 Å². The van der Waals surface area contributed by atoms with Gasteiger partial charge < -0.3 is 18.9 Å². The van der Waals surface area contributed by atoms with E-state index in [0.29, 0.717) is 0 Å². The van der Waals surface area contributed by atoms with Gasteiger partial charge in [0, 0.05) is 47.3 Å². The van der Waals surface area contributed by atoms with Gasteiger partial charge >= 0.3 is 0 Å². The van der Waals surface area contributed by atoms with E-state index in [4.69, 9.17) is 18.9 Å². The standard InChI is InChI=1S/C26H54O4/c1-6-8-9-10-11-12-13-25(15-21-29-20-14-24(3)7-2)16-22-30-23-18-26(28-5)17-19-27-4/h24-26H,6-23H2,1-5H3. The van der Waals surface area contributed by atoms with Crippen LogP contribution in [0.3, 0.4) is 0 Å². The van der Waals surface area contributed by atoms with E-state index in [9.17, 15) is 0 Å². The minimum absolute atomic E-state index is 0.239. The molecule has 0 aromatic heterocycles. The third kappa shape index (κ3) is 19.8. The molecular formula is C26H54O4. The Bertz CT molecular complexity index is 324. The van der Waals surface area contributed by atoms with Crippen molar-refractivity contribution >= 4 is 0 Å².